The van der Waals surface area contributed by atoms with Crippen LogP contribution in [0.5, 0.6) is 11.8 Å². The van der Waals surface area contributed by atoms with E-state index in [0.717, 1.165) is 50.9 Å². The predicted octanol–water partition coefficient (Wildman–Crippen LogP) is 6.32. The average Bonchev–Trinajstić information content (AvgIpc) is 3.62. The number of pyridine rings is 1. The van der Waals surface area contributed by atoms with Crippen LogP contribution >= 0.6 is 0 Å². The van der Waals surface area contributed by atoms with Crippen LogP contribution in [0, 0.1) is 17.5 Å². The lowest BCUT2D eigenvalue weighted by Crippen LogP contribution is -2.49. The largest absolute Gasteiger partial charge is 0.508 e. The van der Waals surface area contributed by atoms with E-state index in [4.69, 9.17) is 9.72 Å². The van der Waals surface area contributed by atoms with Crippen LogP contribution in [0.3, 0.4) is 0 Å². The number of anilines is 1. The molecule has 8 nitrogen and oxygen atoms in total. The van der Waals surface area contributed by atoms with Crippen molar-refractivity contribution in [3.63, 3.8) is 0 Å². The maximum atomic E-state index is 16.9. The summed E-state index contributed by atoms with van der Waals surface area (Å²) < 4.78 is 81.4. The van der Waals surface area contributed by atoms with Crippen LogP contribution in [-0.2, 0) is 6.42 Å². The monoisotopic (exact) mass is 642 g/mol. The minimum absolute atomic E-state index is 0.109. The molecule has 0 radical (unpaired) electrons. The van der Waals surface area contributed by atoms with Gasteiger partial charge in [-0.1, -0.05) is 6.07 Å². The van der Waals surface area contributed by atoms with Gasteiger partial charge in [0.25, 0.3) is 0 Å². The Balaban J connectivity index is 1.45. The molecule has 5 heterocycles. The summed E-state index contributed by atoms with van der Waals surface area (Å²) in [4.78, 5) is 17.9. The van der Waals surface area contributed by atoms with E-state index in [2.05, 4.69) is 20.2 Å². The van der Waals surface area contributed by atoms with Gasteiger partial charge in [-0.15, -0.1) is 0 Å². The first-order valence-corrected chi connectivity index (χ1v) is 15.8. The van der Waals surface area contributed by atoms with Crippen molar-refractivity contribution in [2.75, 3.05) is 37.9 Å². The molecule has 2 saturated heterocycles. The van der Waals surface area contributed by atoms with Crippen LogP contribution in [0.1, 0.15) is 51.1 Å². The molecule has 13 heteroatoms. The van der Waals surface area contributed by atoms with Gasteiger partial charge < -0.3 is 14.7 Å². The molecule has 3 aliphatic heterocycles. The first kappa shape index (κ1) is 30.8. The minimum Gasteiger partial charge on any atom is -0.508 e. The van der Waals surface area contributed by atoms with E-state index in [0.29, 0.717) is 18.5 Å². The molecule has 2 N–H and O–H groups in total. The van der Waals surface area contributed by atoms with E-state index in [1.165, 1.54) is 12.1 Å². The molecule has 0 aliphatic carbocycles. The highest BCUT2D eigenvalue weighted by molar-refractivity contribution is 6.01. The van der Waals surface area contributed by atoms with E-state index >= 15 is 13.2 Å². The average molecular weight is 643 g/mol. The number of phenols is 1. The molecule has 2 aromatic carbocycles. The summed E-state index contributed by atoms with van der Waals surface area (Å²) >= 11 is 0. The molecular formula is C33H35F5N6O2. The molecule has 2 aromatic heterocycles. The molecule has 0 spiro atoms. The van der Waals surface area contributed by atoms with Crippen molar-refractivity contribution in [1.82, 2.24) is 25.2 Å². The maximum Gasteiger partial charge on any atom is 0.319 e. The number of aromatic hydroxyl groups is 1. The zero-order chi connectivity index (χ0) is 32.2. The van der Waals surface area contributed by atoms with Gasteiger partial charge in [0.1, 0.15) is 36.2 Å². The predicted molar refractivity (Wildman–Crippen MR) is 164 cm³/mol. The van der Waals surface area contributed by atoms with Gasteiger partial charge in [0.05, 0.1) is 22.7 Å². The van der Waals surface area contributed by atoms with Crippen LogP contribution in [0.2, 0.25) is 0 Å². The number of ether oxygens (including phenoxy) is 1. The van der Waals surface area contributed by atoms with Crippen LogP contribution in [0.4, 0.5) is 27.8 Å². The van der Waals surface area contributed by atoms with Gasteiger partial charge in [0.2, 0.25) is 0 Å². The number of nitrogens with zero attached hydrogens (tertiary/aromatic N) is 5. The number of hydrogen-bond donors (Lipinski definition) is 2. The number of aromatic nitrogens is 3. The van der Waals surface area contributed by atoms with Gasteiger partial charge in [-0.2, -0.15) is 9.97 Å². The molecule has 2 fully saturated rings. The molecule has 4 aromatic rings. The standard InChI is InChI=1S/C33H35F5N6O2/c1-2-44-23(30(38)39-17-34)7-3-6-22-25-29(41-32(42-31(25)44)46-16-33-10-4-12-43(33)13-5-11-33)27(37)28(40-22)20-15-19(45)14-18-8-9-21(35)26(36)24(18)20/h8-9,14-15,23,30,39,45H,2-7,10-13,16-17H2,1H3. The second-order valence-corrected chi connectivity index (χ2v) is 12.4. The smallest absolute Gasteiger partial charge is 0.319 e. The molecule has 0 amide bonds. The fourth-order valence-corrected chi connectivity index (χ4v) is 7.75. The fourth-order valence-electron chi connectivity index (χ4n) is 7.75. The quantitative estimate of drug-likeness (QED) is 0.171. The van der Waals surface area contributed by atoms with Gasteiger partial charge in [-0.3, -0.25) is 10.2 Å². The number of nitrogens with one attached hydrogen (secondary N) is 1. The van der Waals surface area contributed by atoms with Crippen LogP contribution in [-0.4, -0.2) is 75.9 Å². The number of hydrogen-bond acceptors (Lipinski definition) is 8. The van der Waals surface area contributed by atoms with E-state index in [-0.39, 0.29) is 75.6 Å². The summed E-state index contributed by atoms with van der Waals surface area (Å²) in [6, 6.07) is 3.71. The summed E-state index contributed by atoms with van der Waals surface area (Å²) in [6.07, 6.45) is 3.21. The lowest BCUT2D eigenvalue weighted by molar-refractivity contribution is 0.107. The molecule has 0 saturated carbocycles. The highest BCUT2D eigenvalue weighted by Crippen LogP contribution is 2.43. The van der Waals surface area contributed by atoms with Gasteiger partial charge in [0.15, 0.2) is 23.7 Å². The zero-order valence-electron chi connectivity index (χ0n) is 25.4. The van der Waals surface area contributed by atoms with Gasteiger partial charge in [0, 0.05) is 17.5 Å². The first-order chi connectivity index (χ1) is 22.2. The van der Waals surface area contributed by atoms with Crippen molar-refractivity contribution in [2.24, 2.45) is 0 Å². The van der Waals surface area contributed by atoms with Crippen molar-refractivity contribution in [1.29, 1.82) is 0 Å². The number of likely N-dealkylation sites (N-methyl/N-ethyl adjacent to an activating group) is 1. The number of alkyl halides is 2. The maximum absolute atomic E-state index is 16.9. The summed E-state index contributed by atoms with van der Waals surface area (Å²) in [5, 5.41) is 12.9. The Labute approximate surface area is 262 Å². The van der Waals surface area contributed by atoms with E-state index in [1.54, 1.807) is 11.8 Å². The highest BCUT2D eigenvalue weighted by atomic mass is 19.2. The Bertz CT molecular complexity index is 1800. The Kier molecular flexibility index (Phi) is 8.08. The molecule has 2 unspecified atom stereocenters. The number of rotatable bonds is 8. The van der Waals surface area contributed by atoms with Crippen molar-refractivity contribution in [3.8, 4) is 23.0 Å². The van der Waals surface area contributed by atoms with Crippen molar-refractivity contribution < 1.29 is 31.8 Å². The van der Waals surface area contributed by atoms with Gasteiger partial charge >= 0.3 is 6.01 Å². The molecule has 2 atom stereocenters. The molecule has 7 rings (SSSR count). The third-order valence-corrected chi connectivity index (χ3v) is 9.89. The lowest BCUT2D eigenvalue weighted by atomic mass is 9.95. The summed E-state index contributed by atoms with van der Waals surface area (Å²) in [7, 11) is 0. The summed E-state index contributed by atoms with van der Waals surface area (Å²) in [5.41, 5.74) is -0.416. The Hall–Kier alpha value is -3.84. The van der Waals surface area contributed by atoms with E-state index in [9.17, 15) is 13.9 Å². The van der Waals surface area contributed by atoms with E-state index < -0.39 is 36.6 Å². The zero-order valence-corrected chi connectivity index (χ0v) is 25.4. The normalized spacial score (nSPS) is 20.2. The lowest BCUT2D eigenvalue weighted by Gasteiger charge is -2.36. The SMILES string of the molecule is CCN1c2nc(OCC34CCCN3CCC4)nc3c(F)c(-c4cc(O)cc5ccc(F)c(F)c45)nc(c23)CCCC1C(F)NCF. The number of halogens is 5. The van der Waals surface area contributed by atoms with E-state index in [1.807, 2.05) is 0 Å². The van der Waals surface area contributed by atoms with Crippen LogP contribution in [0.15, 0.2) is 24.3 Å². The van der Waals surface area contributed by atoms with Crippen molar-refractivity contribution in [3.05, 3.63) is 47.4 Å². The van der Waals surface area contributed by atoms with Crippen molar-refractivity contribution in [2.45, 2.75) is 69.7 Å². The first-order valence-electron chi connectivity index (χ1n) is 15.8. The Morgan fingerprint density at radius 1 is 1.04 bits per heavy atom. The van der Waals surface area contributed by atoms with Gasteiger partial charge in [-0.05, 0) is 88.5 Å². The third kappa shape index (κ3) is 5.07. The highest BCUT2D eigenvalue weighted by Gasteiger charge is 2.45. The number of phenolic OH excluding ortho intramolecular Hbond substituents is 1. The Morgan fingerprint density at radius 3 is 2.57 bits per heavy atom. The minimum atomic E-state index is -1.74. The number of aryl methyl sites for hydroxylation is 1. The number of benzene rings is 2. The summed E-state index contributed by atoms with van der Waals surface area (Å²) in [5.74, 6) is -3.36. The molecule has 244 valence electrons. The second kappa shape index (κ2) is 12.1. The van der Waals surface area contributed by atoms with Crippen LogP contribution in [0.25, 0.3) is 32.9 Å². The number of fused-ring (bicyclic) bond motifs is 2. The molecule has 46 heavy (non-hydrogen) atoms. The van der Waals surface area contributed by atoms with Gasteiger partial charge in [-0.25, -0.2) is 26.9 Å². The molecule has 0 bridgehead atoms. The van der Waals surface area contributed by atoms with Crippen LogP contribution < -0.4 is 15.0 Å². The van der Waals surface area contributed by atoms with Crippen molar-refractivity contribution >= 4 is 27.5 Å². The second-order valence-electron chi connectivity index (χ2n) is 12.4. The topological polar surface area (TPSA) is 86.6 Å². The molecular weight excluding hydrogens is 607 g/mol. The molecule has 3 aliphatic rings. The Morgan fingerprint density at radius 2 is 1.83 bits per heavy atom. The third-order valence-electron chi connectivity index (χ3n) is 9.89. The fraction of sp³-hybridized carbons (Fsp3) is 0.485. The summed E-state index contributed by atoms with van der Waals surface area (Å²) in [6.45, 7) is 3.23.